The third-order valence-electron chi connectivity index (χ3n) is 3.94. The minimum absolute atomic E-state index is 0.102. The molecule has 1 aliphatic heterocycles. The molecule has 2 aromatic rings. The number of carbonyl (C=O) groups is 2. The first-order valence-corrected chi connectivity index (χ1v) is 7.85. The Morgan fingerprint density at radius 1 is 1.08 bits per heavy atom. The van der Waals surface area contributed by atoms with Crippen LogP contribution in [0.2, 0.25) is 0 Å². The van der Waals surface area contributed by atoms with Crippen molar-refractivity contribution in [3.05, 3.63) is 53.9 Å². The van der Waals surface area contributed by atoms with Crippen molar-refractivity contribution in [1.82, 2.24) is 19.8 Å². The number of carbonyl (C=O) groups excluding carboxylic acids is 2. The van der Waals surface area contributed by atoms with E-state index in [2.05, 4.69) is 15.3 Å². The van der Waals surface area contributed by atoms with Gasteiger partial charge >= 0.3 is 0 Å². The van der Waals surface area contributed by atoms with Crippen molar-refractivity contribution in [2.45, 2.75) is 6.54 Å². The Kier molecular flexibility index (Phi) is 5.00. The largest absolute Gasteiger partial charge is 0.350 e. The summed E-state index contributed by atoms with van der Waals surface area (Å²) in [5.41, 5.74) is 1.59. The summed E-state index contributed by atoms with van der Waals surface area (Å²) in [6.45, 7) is 2.82. The molecule has 0 aliphatic carbocycles. The maximum absolute atomic E-state index is 12.4. The van der Waals surface area contributed by atoms with Gasteiger partial charge in [-0.25, -0.2) is 9.97 Å². The molecule has 0 bridgehead atoms. The van der Waals surface area contributed by atoms with Crippen LogP contribution in [0.15, 0.2) is 42.7 Å². The third-order valence-corrected chi connectivity index (χ3v) is 3.94. The number of hydrogen-bond acceptors (Lipinski definition) is 5. The summed E-state index contributed by atoms with van der Waals surface area (Å²) in [5, 5.41) is 3.13. The van der Waals surface area contributed by atoms with Crippen LogP contribution in [0.1, 0.15) is 15.9 Å². The first-order valence-electron chi connectivity index (χ1n) is 7.85. The van der Waals surface area contributed by atoms with E-state index in [1.54, 1.807) is 9.80 Å². The van der Waals surface area contributed by atoms with E-state index in [1.165, 1.54) is 12.4 Å². The van der Waals surface area contributed by atoms with E-state index in [0.717, 1.165) is 12.0 Å². The van der Waals surface area contributed by atoms with Crippen LogP contribution < -0.4 is 5.32 Å². The summed E-state index contributed by atoms with van der Waals surface area (Å²) >= 11 is 0. The van der Waals surface area contributed by atoms with Gasteiger partial charge in [-0.05, 0) is 5.56 Å². The van der Waals surface area contributed by atoms with E-state index < -0.39 is 0 Å². The zero-order valence-corrected chi connectivity index (χ0v) is 13.3. The summed E-state index contributed by atoms with van der Waals surface area (Å²) in [5.74, 6) is 0.385. The van der Waals surface area contributed by atoms with Gasteiger partial charge in [-0.15, -0.1) is 0 Å². The van der Waals surface area contributed by atoms with Crippen molar-refractivity contribution in [3.63, 3.8) is 0 Å². The molecule has 1 N–H and O–H groups in total. The SMILES string of the molecule is O=CN1CCN(C(=O)c2cnc(NCc3ccccc3)nc2)CC1. The predicted molar refractivity (Wildman–Crippen MR) is 89.3 cm³/mol. The zero-order valence-electron chi connectivity index (χ0n) is 13.3. The standard InChI is InChI=1S/C17H19N5O2/c23-13-21-6-8-22(9-7-21)16(24)15-11-19-17(20-12-15)18-10-14-4-2-1-3-5-14/h1-5,11-13H,6-10H2,(H,18,19,20). The van der Waals surface area contributed by atoms with Gasteiger partial charge in [-0.2, -0.15) is 0 Å². The Morgan fingerprint density at radius 2 is 1.75 bits per heavy atom. The second kappa shape index (κ2) is 7.54. The van der Waals surface area contributed by atoms with Crippen LogP contribution in [-0.4, -0.2) is 58.3 Å². The first kappa shape index (κ1) is 15.9. The second-order valence-corrected chi connectivity index (χ2v) is 5.57. The molecule has 1 aromatic heterocycles. The van der Waals surface area contributed by atoms with Crippen molar-refractivity contribution in [2.24, 2.45) is 0 Å². The van der Waals surface area contributed by atoms with Crippen LogP contribution in [0.5, 0.6) is 0 Å². The van der Waals surface area contributed by atoms with Crippen molar-refractivity contribution in [3.8, 4) is 0 Å². The molecule has 1 fully saturated rings. The molecule has 0 atom stereocenters. The summed E-state index contributed by atoms with van der Waals surface area (Å²) < 4.78 is 0. The molecule has 2 heterocycles. The number of nitrogens with zero attached hydrogens (tertiary/aromatic N) is 4. The normalized spacial score (nSPS) is 14.3. The number of anilines is 1. The van der Waals surface area contributed by atoms with E-state index in [9.17, 15) is 9.59 Å². The highest BCUT2D eigenvalue weighted by atomic mass is 16.2. The fourth-order valence-electron chi connectivity index (χ4n) is 2.52. The quantitative estimate of drug-likeness (QED) is 0.830. The van der Waals surface area contributed by atoms with Crippen molar-refractivity contribution >= 4 is 18.3 Å². The number of amides is 2. The topological polar surface area (TPSA) is 78.4 Å². The number of rotatable bonds is 5. The number of aromatic nitrogens is 2. The lowest BCUT2D eigenvalue weighted by Gasteiger charge is -2.32. The summed E-state index contributed by atoms with van der Waals surface area (Å²) in [4.78, 5) is 34.9. The van der Waals surface area contributed by atoms with Crippen molar-refractivity contribution in [1.29, 1.82) is 0 Å². The van der Waals surface area contributed by atoms with Crippen LogP contribution >= 0.6 is 0 Å². The Bertz CT molecular complexity index is 682. The minimum Gasteiger partial charge on any atom is -0.350 e. The Hall–Kier alpha value is -2.96. The van der Waals surface area contributed by atoms with Gasteiger partial charge in [-0.1, -0.05) is 30.3 Å². The lowest BCUT2D eigenvalue weighted by Crippen LogP contribution is -2.48. The molecule has 0 saturated carbocycles. The molecule has 7 nitrogen and oxygen atoms in total. The number of nitrogens with one attached hydrogen (secondary N) is 1. The average molecular weight is 325 g/mol. The number of hydrogen-bond donors (Lipinski definition) is 1. The number of benzene rings is 1. The van der Waals surface area contributed by atoms with Gasteiger partial charge in [0.15, 0.2) is 0 Å². The molecule has 124 valence electrons. The van der Waals surface area contributed by atoms with Gasteiger partial charge in [0.2, 0.25) is 12.4 Å². The van der Waals surface area contributed by atoms with Crippen LogP contribution in [-0.2, 0) is 11.3 Å². The summed E-state index contributed by atoms with van der Waals surface area (Å²) in [6.07, 6.45) is 3.89. The van der Waals surface area contributed by atoms with E-state index in [0.29, 0.717) is 44.2 Å². The van der Waals surface area contributed by atoms with Gasteiger partial charge in [0.25, 0.3) is 5.91 Å². The Balaban J connectivity index is 1.56. The van der Waals surface area contributed by atoms with Gasteiger partial charge in [-0.3, -0.25) is 9.59 Å². The minimum atomic E-state index is -0.102. The number of piperazine rings is 1. The van der Waals surface area contributed by atoms with Crippen LogP contribution in [0.3, 0.4) is 0 Å². The van der Waals surface area contributed by atoms with E-state index in [1.807, 2.05) is 30.3 Å². The van der Waals surface area contributed by atoms with Gasteiger partial charge in [0, 0.05) is 45.1 Å². The molecule has 1 aromatic carbocycles. The predicted octanol–water partition coefficient (Wildman–Crippen LogP) is 1.00. The molecule has 0 unspecified atom stereocenters. The smallest absolute Gasteiger partial charge is 0.257 e. The molecule has 0 radical (unpaired) electrons. The molecular weight excluding hydrogens is 306 g/mol. The average Bonchev–Trinajstić information content (AvgIpc) is 2.67. The Labute approximate surface area is 140 Å². The Morgan fingerprint density at radius 3 is 2.38 bits per heavy atom. The highest BCUT2D eigenvalue weighted by Crippen LogP contribution is 2.09. The molecule has 24 heavy (non-hydrogen) atoms. The molecule has 1 aliphatic rings. The van der Waals surface area contributed by atoms with Gasteiger partial charge in [0.05, 0.1) is 5.56 Å². The maximum Gasteiger partial charge on any atom is 0.257 e. The highest BCUT2D eigenvalue weighted by Gasteiger charge is 2.21. The molecule has 1 saturated heterocycles. The van der Waals surface area contributed by atoms with Crippen LogP contribution in [0.4, 0.5) is 5.95 Å². The zero-order chi connectivity index (χ0) is 16.8. The van der Waals surface area contributed by atoms with E-state index >= 15 is 0 Å². The summed E-state index contributed by atoms with van der Waals surface area (Å²) in [6, 6.07) is 9.96. The lowest BCUT2D eigenvalue weighted by molar-refractivity contribution is -0.119. The molecule has 7 heteroatoms. The first-order chi connectivity index (χ1) is 11.8. The van der Waals surface area contributed by atoms with E-state index in [4.69, 9.17) is 0 Å². The molecule has 3 rings (SSSR count). The van der Waals surface area contributed by atoms with Crippen molar-refractivity contribution < 1.29 is 9.59 Å². The third kappa shape index (κ3) is 3.87. The highest BCUT2D eigenvalue weighted by molar-refractivity contribution is 5.93. The molecular formula is C17H19N5O2. The molecule has 2 amide bonds. The van der Waals surface area contributed by atoms with Crippen LogP contribution in [0.25, 0.3) is 0 Å². The van der Waals surface area contributed by atoms with Crippen molar-refractivity contribution in [2.75, 3.05) is 31.5 Å². The summed E-state index contributed by atoms with van der Waals surface area (Å²) in [7, 11) is 0. The van der Waals surface area contributed by atoms with Gasteiger partial charge in [0.1, 0.15) is 0 Å². The fraction of sp³-hybridized carbons (Fsp3) is 0.294. The maximum atomic E-state index is 12.4. The lowest BCUT2D eigenvalue weighted by atomic mass is 10.2. The van der Waals surface area contributed by atoms with Crippen LogP contribution in [0, 0.1) is 0 Å². The monoisotopic (exact) mass is 325 g/mol. The fourth-order valence-corrected chi connectivity index (χ4v) is 2.52. The van der Waals surface area contributed by atoms with Gasteiger partial charge < -0.3 is 15.1 Å². The second-order valence-electron chi connectivity index (χ2n) is 5.57. The van der Waals surface area contributed by atoms with E-state index in [-0.39, 0.29) is 5.91 Å². The molecule has 0 spiro atoms.